The van der Waals surface area contributed by atoms with E-state index in [1.807, 2.05) is 26.2 Å². The molecule has 1 aliphatic rings. The summed E-state index contributed by atoms with van der Waals surface area (Å²) in [6.45, 7) is 0. The molecule has 0 radical (unpaired) electrons. The van der Waals surface area contributed by atoms with Crippen molar-refractivity contribution in [3.63, 3.8) is 0 Å². The fourth-order valence-electron chi connectivity index (χ4n) is 2.52. The minimum absolute atomic E-state index is 0.199. The molecule has 0 spiro atoms. The van der Waals surface area contributed by atoms with Crippen molar-refractivity contribution in [3.8, 4) is 0 Å². The van der Waals surface area contributed by atoms with Gasteiger partial charge in [0.15, 0.2) is 0 Å². The molecule has 92 valence electrons. The second-order valence-corrected chi connectivity index (χ2v) is 5.04. The number of carbonyl (C=O) groups excluding carboxylic acids is 1. The van der Waals surface area contributed by atoms with Crippen LogP contribution in [0.3, 0.4) is 0 Å². The van der Waals surface area contributed by atoms with E-state index in [0.717, 1.165) is 18.5 Å². The van der Waals surface area contributed by atoms with E-state index < -0.39 is 0 Å². The summed E-state index contributed by atoms with van der Waals surface area (Å²) in [5.41, 5.74) is 9.29. The van der Waals surface area contributed by atoms with Crippen LogP contribution in [-0.2, 0) is 11.2 Å². The zero-order valence-corrected chi connectivity index (χ0v) is 10.6. The van der Waals surface area contributed by atoms with Gasteiger partial charge in [-0.05, 0) is 48.4 Å². The Morgan fingerprint density at radius 1 is 1.47 bits per heavy atom. The lowest BCUT2D eigenvalue weighted by atomic mass is 9.80. The van der Waals surface area contributed by atoms with Gasteiger partial charge in [-0.3, -0.25) is 4.79 Å². The second-order valence-electron chi connectivity index (χ2n) is 5.04. The third-order valence-corrected chi connectivity index (χ3v) is 3.53. The first-order chi connectivity index (χ1) is 8.08. The van der Waals surface area contributed by atoms with Gasteiger partial charge < -0.3 is 10.6 Å². The predicted molar refractivity (Wildman–Crippen MR) is 69.8 cm³/mol. The zero-order valence-electron chi connectivity index (χ0n) is 10.6. The summed E-state index contributed by atoms with van der Waals surface area (Å²) in [7, 11) is 3.62. The average molecular weight is 232 g/mol. The largest absolute Gasteiger partial charge is 0.399 e. The van der Waals surface area contributed by atoms with Crippen LogP contribution in [0.25, 0.3) is 0 Å². The van der Waals surface area contributed by atoms with Crippen molar-refractivity contribution in [2.45, 2.75) is 31.6 Å². The minimum atomic E-state index is 0.199. The van der Waals surface area contributed by atoms with Gasteiger partial charge in [0.2, 0.25) is 5.91 Å². The molecule has 3 heteroatoms. The Hall–Kier alpha value is -1.51. The van der Waals surface area contributed by atoms with Gasteiger partial charge in [-0.2, -0.15) is 0 Å². The first-order valence-corrected chi connectivity index (χ1v) is 6.16. The molecule has 1 unspecified atom stereocenters. The number of fused-ring (bicyclic) bond motifs is 1. The summed E-state index contributed by atoms with van der Waals surface area (Å²) in [6, 6.07) is 6.11. The van der Waals surface area contributed by atoms with Gasteiger partial charge in [-0.25, -0.2) is 0 Å². The van der Waals surface area contributed by atoms with Crippen LogP contribution in [0, 0.1) is 0 Å². The number of benzene rings is 1. The van der Waals surface area contributed by atoms with E-state index in [2.05, 4.69) is 6.07 Å². The average Bonchev–Trinajstić information content (AvgIpc) is 2.29. The summed E-state index contributed by atoms with van der Waals surface area (Å²) in [6.07, 6.45) is 3.98. The van der Waals surface area contributed by atoms with Crippen LogP contribution in [-0.4, -0.2) is 24.9 Å². The van der Waals surface area contributed by atoms with Gasteiger partial charge in [0.05, 0.1) is 0 Å². The molecule has 2 rings (SSSR count). The minimum Gasteiger partial charge on any atom is -0.399 e. The topological polar surface area (TPSA) is 46.3 Å². The molecule has 1 amide bonds. The summed E-state index contributed by atoms with van der Waals surface area (Å²) < 4.78 is 0. The summed E-state index contributed by atoms with van der Waals surface area (Å²) in [5.74, 6) is 0.544. The molecule has 0 saturated heterocycles. The highest BCUT2D eigenvalue weighted by Gasteiger charge is 2.23. The van der Waals surface area contributed by atoms with Crippen LogP contribution in [0.5, 0.6) is 0 Å². The lowest BCUT2D eigenvalue weighted by Crippen LogP contribution is -2.25. The number of nitrogens with two attached hydrogens (primary N) is 1. The fourth-order valence-corrected chi connectivity index (χ4v) is 2.52. The van der Waals surface area contributed by atoms with E-state index in [9.17, 15) is 4.79 Å². The van der Waals surface area contributed by atoms with Gasteiger partial charge in [-0.15, -0.1) is 0 Å². The molecule has 0 heterocycles. The van der Waals surface area contributed by atoms with Crippen LogP contribution < -0.4 is 5.73 Å². The van der Waals surface area contributed by atoms with Crippen molar-refractivity contribution in [3.05, 3.63) is 29.3 Å². The number of nitrogen functional groups attached to an aromatic ring is 1. The molecular formula is C14H20N2O. The van der Waals surface area contributed by atoms with Crippen LogP contribution >= 0.6 is 0 Å². The van der Waals surface area contributed by atoms with Crippen LogP contribution in [0.2, 0.25) is 0 Å². The molecule has 1 aromatic carbocycles. The van der Waals surface area contributed by atoms with Crippen molar-refractivity contribution in [1.82, 2.24) is 4.90 Å². The molecule has 1 aromatic rings. The van der Waals surface area contributed by atoms with E-state index in [4.69, 9.17) is 5.73 Å². The quantitative estimate of drug-likeness (QED) is 0.794. The van der Waals surface area contributed by atoms with E-state index in [0.29, 0.717) is 12.3 Å². The molecule has 0 aliphatic heterocycles. The molecule has 0 aromatic heterocycles. The molecular weight excluding hydrogens is 212 g/mol. The predicted octanol–water partition coefficient (Wildman–Crippen LogP) is 2.17. The Kier molecular flexibility index (Phi) is 3.36. The Morgan fingerprint density at radius 2 is 2.24 bits per heavy atom. The first-order valence-electron chi connectivity index (χ1n) is 6.16. The van der Waals surface area contributed by atoms with Crippen molar-refractivity contribution >= 4 is 11.6 Å². The summed E-state index contributed by atoms with van der Waals surface area (Å²) in [5, 5.41) is 0. The molecule has 0 fully saturated rings. The Morgan fingerprint density at radius 3 is 2.94 bits per heavy atom. The number of amides is 1. The van der Waals surface area contributed by atoms with E-state index >= 15 is 0 Å². The normalized spacial score (nSPS) is 18.6. The molecule has 17 heavy (non-hydrogen) atoms. The first kappa shape index (κ1) is 12.0. The number of nitrogens with zero attached hydrogens (tertiary/aromatic N) is 1. The van der Waals surface area contributed by atoms with Crippen LogP contribution in [0.4, 0.5) is 5.69 Å². The number of carbonyl (C=O) groups is 1. The van der Waals surface area contributed by atoms with Gasteiger partial charge in [0.25, 0.3) is 0 Å². The number of hydrogen-bond donors (Lipinski definition) is 1. The Labute approximate surface area is 103 Å². The molecule has 2 N–H and O–H groups in total. The summed E-state index contributed by atoms with van der Waals surface area (Å²) >= 11 is 0. The summed E-state index contributed by atoms with van der Waals surface area (Å²) in [4.78, 5) is 13.5. The number of rotatable bonds is 2. The number of aryl methyl sites for hydroxylation is 1. The smallest absolute Gasteiger partial charge is 0.222 e. The highest BCUT2D eigenvalue weighted by atomic mass is 16.2. The SMILES string of the molecule is CN(C)C(=O)CC1CCCc2ccc(N)cc21. The van der Waals surface area contributed by atoms with Crippen LogP contribution in [0.15, 0.2) is 18.2 Å². The zero-order chi connectivity index (χ0) is 12.4. The Balaban J connectivity index is 2.22. The van der Waals surface area contributed by atoms with E-state index in [1.165, 1.54) is 17.5 Å². The van der Waals surface area contributed by atoms with E-state index in [1.54, 1.807) is 4.90 Å². The number of hydrogen-bond acceptors (Lipinski definition) is 2. The van der Waals surface area contributed by atoms with E-state index in [-0.39, 0.29) is 5.91 Å². The highest BCUT2D eigenvalue weighted by molar-refractivity contribution is 5.76. The standard InChI is InChI=1S/C14H20N2O/c1-16(2)14(17)8-11-5-3-4-10-6-7-12(15)9-13(10)11/h6-7,9,11H,3-5,8,15H2,1-2H3. The van der Waals surface area contributed by atoms with Gasteiger partial charge in [0, 0.05) is 26.2 Å². The molecule has 0 saturated carbocycles. The Bertz CT molecular complexity index is 426. The van der Waals surface area contributed by atoms with Crippen molar-refractivity contribution < 1.29 is 4.79 Å². The van der Waals surface area contributed by atoms with Gasteiger partial charge in [-0.1, -0.05) is 6.07 Å². The molecule has 1 aliphatic carbocycles. The van der Waals surface area contributed by atoms with Crippen molar-refractivity contribution in [2.24, 2.45) is 0 Å². The lowest BCUT2D eigenvalue weighted by molar-refractivity contribution is -0.129. The molecule has 1 atom stereocenters. The second kappa shape index (κ2) is 4.78. The van der Waals surface area contributed by atoms with Crippen molar-refractivity contribution in [2.75, 3.05) is 19.8 Å². The monoisotopic (exact) mass is 232 g/mol. The highest BCUT2D eigenvalue weighted by Crippen LogP contribution is 2.35. The van der Waals surface area contributed by atoms with Crippen molar-refractivity contribution in [1.29, 1.82) is 0 Å². The maximum atomic E-state index is 11.8. The third-order valence-electron chi connectivity index (χ3n) is 3.53. The number of anilines is 1. The maximum absolute atomic E-state index is 11.8. The third kappa shape index (κ3) is 2.60. The maximum Gasteiger partial charge on any atom is 0.222 e. The molecule has 0 bridgehead atoms. The molecule has 3 nitrogen and oxygen atoms in total. The van der Waals surface area contributed by atoms with Gasteiger partial charge >= 0.3 is 0 Å². The fraction of sp³-hybridized carbons (Fsp3) is 0.500. The van der Waals surface area contributed by atoms with Crippen LogP contribution in [0.1, 0.15) is 36.3 Å². The van der Waals surface area contributed by atoms with Gasteiger partial charge in [0.1, 0.15) is 0 Å². The lowest BCUT2D eigenvalue weighted by Gasteiger charge is -2.26.